The van der Waals surface area contributed by atoms with Crippen molar-refractivity contribution in [2.45, 2.75) is 20.4 Å². The minimum absolute atomic E-state index is 0.219. The third-order valence-corrected chi connectivity index (χ3v) is 4.63. The van der Waals surface area contributed by atoms with Crippen molar-refractivity contribution < 1.29 is 14.3 Å². The number of carbonyl (C=O) groups is 1. The van der Waals surface area contributed by atoms with Crippen molar-refractivity contribution >= 4 is 11.6 Å². The number of amides is 1. The van der Waals surface area contributed by atoms with E-state index >= 15 is 0 Å². The molecular formula is C22H27N3O3. The second-order valence-corrected chi connectivity index (χ2v) is 6.68. The van der Waals surface area contributed by atoms with E-state index in [2.05, 4.69) is 15.4 Å². The van der Waals surface area contributed by atoms with Crippen molar-refractivity contribution in [2.75, 3.05) is 32.9 Å². The molecule has 6 nitrogen and oxygen atoms in total. The van der Waals surface area contributed by atoms with Crippen LogP contribution in [0.25, 0.3) is 0 Å². The molecule has 148 valence electrons. The lowest BCUT2D eigenvalue weighted by molar-refractivity contribution is 0.0342. The van der Waals surface area contributed by atoms with Gasteiger partial charge in [0.25, 0.3) is 5.91 Å². The average Bonchev–Trinajstić information content (AvgIpc) is 2.74. The zero-order valence-corrected chi connectivity index (χ0v) is 16.5. The highest BCUT2D eigenvalue weighted by atomic mass is 16.5. The molecule has 0 bridgehead atoms. The first-order valence-electron chi connectivity index (χ1n) is 9.62. The van der Waals surface area contributed by atoms with Gasteiger partial charge < -0.3 is 9.47 Å². The van der Waals surface area contributed by atoms with Gasteiger partial charge in [-0.1, -0.05) is 12.1 Å². The molecule has 1 aliphatic heterocycles. The van der Waals surface area contributed by atoms with Crippen LogP contribution in [0.3, 0.4) is 0 Å². The summed E-state index contributed by atoms with van der Waals surface area (Å²) in [6.45, 7) is 8.78. The number of ether oxygens (including phenoxy) is 2. The minimum atomic E-state index is -0.219. The van der Waals surface area contributed by atoms with Crippen molar-refractivity contribution in [1.82, 2.24) is 10.3 Å². The normalized spacial score (nSPS) is 15.3. The van der Waals surface area contributed by atoms with Gasteiger partial charge in [0.1, 0.15) is 5.75 Å². The number of nitrogens with zero attached hydrogens (tertiary/aromatic N) is 2. The van der Waals surface area contributed by atoms with E-state index in [1.54, 1.807) is 0 Å². The van der Waals surface area contributed by atoms with E-state index in [0.29, 0.717) is 12.2 Å². The maximum Gasteiger partial charge on any atom is 0.271 e. The van der Waals surface area contributed by atoms with Gasteiger partial charge in [-0.3, -0.25) is 9.69 Å². The smallest absolute Gasteiger partial charge is 0.271 e. The van der Waals surface area contributed by atoms with E-state index in [0.717, 1.165) is 49.9 Å². The van der Waals surface area contributed by atoms with Gasteiger partial charge in [-0.15, -0.1) is 0 Å². The Morgan fingerprint density at radius 3 is 2.36 bits per heavy atom. The predicted octanol–water partition coefficient (Wildman–Crippen LogP) is 3.07. The summed E-state index contributed by atoms with van der Waals surface area (Å²) in [5.74, 6) is 0.600. The summed E-state index contributed by atoms with van der Waals surface area (Å²) < 4.78 is 10.8. The topological polar surface area (TPSA) is 63.2 Å². The second kappa shape index (κ2) is 10.0. The number of rotatable bonds is 7. The highest BCUT2D eigenvalue weighted by Gasteiger charge is 2.11. The van der Waals surface area contributed by atoms with Gasteiger partial charge in [0.15, 0.2) is 0 Å². The van der Waals surface area contributed by atoms with Crippen LogP contribution < -0.4 is 10.2 Å². The Morgan fingerprint density at radius 1 is 1.07 bits per heavy atom. The summed E-state index contributed by atoms with van der Waals surface area (Å²) in [6.07, 6.45) is 0. The van der Waals surface area contributed by atoms with Crippen LogP contribution >= 0.6 is 0 Å². The van der Waals surface area contributed by atoms with Crippen molar-refractivity contribution in [1.29, 1.82) is 0 Å². The molecule has 1 aliphatic rings. The first-order valence-corrected chi connectivity index (χ1v) is 9.62. The number of morpholine rings is 1. The van der Waals surface area contributed by atoms with Gasteiger partial charge in [-0.25, -0.2) is 5.43 Å². The van der Waals surface area contributed by atoms with Crippen LogP contribution in [-0.2, 0) is 11.3 Å². The van der Waals surface area contributed by atoms with Crippen LogP contribution in [0.1, 0.15) is 35.3 Å². The molecule has 0 spiro atoms. The zero-order valence-electron chi connectivity index (χ0n) is 16.5. The monoisotopic (exact) mass is 381 g/mol. The molecule has 0 aliphatic carbocycles. The maximum atomic E-state index is 12.4. The predicted molar refractivity (Wildman–Crippen MR) is 110 cm³/mol. The molecule has 1 amide bonds. The summed E-state index contributed by atoms with van der Waals surface area (Å²) in [7, 11) is 0. The van der Waals surface area contributed by atoms with Crippen molar-refractivity contribution in [3.8, 4) is 5.75 Å². The molecule has 1 saturated heterocycles. The average molecular weight is 381 g/mol. The van der Waals surface area contributed by atoms with Crippen molar-refractivity contribution in [2.24, 2.45) is 5.10 Å². The molecule has 0 atom stereocenters. The molecule has 0 unspecified atom stereocenters. The molecule has 2 aromatic rings. The first-order chi connectivity index (χ1) is 13.7. The van der Waals surface area contributed by atoms with E-state index in [9.17, 15) is 4.79 Å². The Hall–Kier alpha value is -2.70. The van der Waals surface area contributed by atoms with E-state index in [1.807, 2.05) is 62.4 Å². The molecule has 0 radical (unpaired) electrons. The molecular weight excluding hydrogens is 354 g/mol. The van der Waals surface area contributed by atoms with E-state index in [4.69, 9.17) is 9.47 Å². The largest absolute Gasteiger partial charge is 0.494 e. The van der Waals surface area contributed by atoms with E-state index < -0.39 is 0 Å². The Bertz CT molecular complexity index is 795. The molecule has 28 heavy (non-hydrogen) atoms. The number of nitrogens with one attached hydrogen (secondary N) is 1. The Kier molecular flexibility index (Phi) is 7.17. The van der Waals surface area contributed by atoms with Crippen molar-refractivity contribution in [3.63, 3.8) is 0 Å². The lowest BCUT2D eigenvalue weighted by Gasteiger charge is -2.26. The lowest BCUT2D eigenvalue weighted by Crippen LogP contribution is -2.35. The highest BCUT2D eigenvalue weighted by Crippen LogP contribution is 2.13. The fraction of sp³-hybridized carbons (Fsp3) is 0.364. The third kappa shape index (κ3) is 5.65. The SMILES string of the molecule is CCOc1ccc(/C(C)=N/NC(=O)c2ccc(CN3CCOCC3)cc2)cc1. The van der Waals surface area contributed by atoms with Crippen LogP contribution in [0.2, 0.25) is 0 Å². The van der Waals surface area contributed by atoms with E-state index in [1.165, 1.54) is 5.56 Å². The molecule has 1 heterocycles. The van der Waals surface area contributed by atoms with Gasteiger partial charge in [0.2, 0.25) is 0 Å². The number of hydrazone groups is 1. The van der Waals surface area contributed by atoms with Gasteiger partial charge in [0, 0.05) is 25.2 Å². The number of hydrogen-bond donors (Lipinski definition) is 1. The molecule has 1 fully saturated rings. The highest BCUT2D eigenvalue weighted by molar-refractivity contribution is 6.00. The van der Waals surface area contributed by atoms with Crippen molar-refractivity contribution in [3.05, 3.63) is 65.2 Å². The Labute approximate surface area is 166 Å². The fourth-order valence-corrected chi connectivity index (χ4v) is 3.00. The quantitative estimate of drug-likeness (QED) is 0.591. The summed E-state index contributed by atoms with van der Waals surface area (Å²) in [5, 5.41) is 4.22. The summed E-state index contributed by atoms with van der Waals surface area (Å²) >= 11 is 0. The zero-order chi connectivity index (χ0) is 19.8. The molecule has 1 N–H and O–H groups in total. The summed E-state index contributed by atoms with van der Waals surface area (Å²) in [4.78, 5) is 14.7. The molecule has 2 aromatic carbocycles. The van der Waals surface area contributed by atoms with Gasteiger partial charge in [0.05, 0.1) is 25.5 Å². The maximum absolute atomic E-state index is 12.4. The van der Waals surface area contributed by atoms with E-state index in [-0.39, 0.29) is 5.91 Å². The second-order valence-electron chi connectivity index (χ2n) is 6.68. The number of benzene rings is 2. The lowest BCUT2D eigenvalue weighted by atomic mass is 10.1. The molecule has 6 heteroatoms. The summed E-state index contributed by atoms with van der Waals surface area (Å²) in [5.41, 5.74) is 6.08. The molecule has 0 saturated carbocycles. The molecule has 0 aromatic heterocycles. The van der Waals surface area contributed by atoms with Crippen LogP contribution in [0.4, 0.5) is 0 Å². The van der Waals surface area contributed by atoms with Crippen LogP contribution in [0.15, 0.2) is 53.6 Å². The number of carbonyl (C=O) groups excluding carboxylic acids is 1. The van der Waals surface area contributed by atoms with Crippen LogP contribution in [-0.4, -0.2) is 49.4 Å². The molecule has 3 rings (SSSR count). The first kappa shape index (κ1) is 20.0. The third-order valence-electron chi connectivity index (χ3n) is 4.63. The Morgan fingerprint density at radius 2 is 1.71 bits per heavy atom. The van der Waals surface area contributed by atoms with Gasteiger partial charge >= 0.3 is 0 Å². The van der Waals surface area contributed by atoms with Gasteiger partial charge in [-0.05, 0) is 61.4 Å². The summed E-state index contributed by atoms with van der Waals surface area (Å²) in [6, 6.07) is 15.3. The van der Waals surface area contributed by atoms with Gasteiger partial charge in [-0.2, -0.15) is 5.10 Å². The fourth-order valence-electron chi connectivity index (χ4n) is 3.00. The van der Waals surface area contributed by atoms with Crippen LogP contribution in [0, 0.1) is 0 Å². The Balaban J connectivity index is 1.55. The minimum Gasteiger partial charge on any atom is -0.494 e. The standard InChI is InChI=1S/C22H27N3O3/c1-3-28-21-10-8-19(9-11-21)17(2)23-24-22(26)20-6-4-18(5-7-20)16-25-12-14-27-15-13-25/h4-11H,3,12-16H2,1-2H3,(H,24,26)/b23-17+. The number of hydrogen-bond acceptors (Lipinski definition) is 5. The van der Waals surface area contributed by atoms with Crippen LogP contribution in [0.5, 0.6) is 5.75 Å².